The average Bonchev–Trinajstić information content (AvgIpc) is 2.94. The van der Waals surface area contributed by atoms with E-state index < -0.39 is 10.1 Å². The Morgan fingerprint density at radius 3 is 2.83 bits per heavy atom. The zero-order valence-corrected chi connectivity index (χ0v) is 17.5. The molecule has 9 heteroatoms. The quantitative estimate of drug-likeness (QED) is 0.497. The van der Waals surface area contributed by atoms with Gasteiger partial charge < -0.3 is 18.9 Å². The second-order valence-corrected chi connectivity index (χ2v) is 7.11. The number of anilines is 1. The topological polar surface area (TPSA) is 78.9 Å². The van der Waals surface area contributed by atoms with Crippen molar-refractivity contribution in [2.24, 2.45) is 0 Å². The SMILES string of the molecule is CN(CC1COc2cscc2O1)c1cccc(S(=O)(=O)[O-])c1.[K+]. The van der Waals surface area contributed by atoms with Crippen LogP contribution in [0.1, 0.15) is 0 Å². The number of fused-ring (bicyclic) bond motifs is 1. The Bertz CT molecular complexity index is 777. The van der Waals surface area contributed by atoms with Gasteiger partial charge in [0.25, 0.3) is 0 Å². The second-order valence-electron chi connectivity index (χ2n) is 4.98. The molecule has 0 N–H and O–H groups in total. The van der Waals surface area contributed by atoms with E-state index in [1.807, 2.05) is 22.7 Å². The van der Waals surface area contributed by atoms with Gasteiger partial charge in [0.15, 0.2) is 17.6 Å². The Hall–Kier alpha value is -0.134. The fraction of sp³-hybridized carbons (Fsp3) is 0.286. The zero-order valence-electron chi connectivity index (χ0n) is 12.8. The van der Waals surface area contributed by atoms with Crippen molar-refractivity contribution in [1.82, 2.24) is 0 Å². The molecule has 0 amide bonds. The molecule has 1 atom stereocenters. The fourth-order valence-electron chi connectivity index (χ4n) is 2.24. The van der Waals surface area contributed by atoms with Gasteiger partial charge in [-0.25, -0.2) is 8.42 Å². The van der Waals surface area contributed by atoms with Gasteiger partial charge in [0, 0.05) is 23.5 Å². The first-order valence-corrected chi connectivity index (χ1v) is 8.91. The van der Waals surface area contributed by atoms with Crippen LogP contribution in [-0.4, -0.2) is 39.3 Å². The van der Waals surface area contributed by atoms with Gasteiger partial charge in [-0.3, -0.25) is 0 Å². The standard InChI is InChI=1S/C14H15NO5S2.K/c1-15(10-3-2-4-12(5-10)22(16,17)18)6-11-7-19-13-8-21-9-14(13)20-11;/h2-5,8-9,11H,6-7H2,1H3,(H,16,17,18);/q;+1/p-1. The van der Waals surface area contributed by atoms with Crippen molar-refractivity contribution in [3.05, 3.63) is 35.0 Å². The second kappa shape index (κ2) is 7.83. The largest absolute Gasteiger partial charge is 1.00 e. The van der Waals surface area contributed by atoms with E-state index in [2.05, 4.69) is 0 Å². The van der Waals surface area contributed by atoms with Crippen LogP contribution in [0.25, 0.3) is 0 Å². The molecule has 1 aliphatic rings. The number of ether oxygens (including phenoxy) is 2. The monoisotopic (exact) mass is 379 g/mol. The number of nitrogens with zero attached hydrogens (tertiary/aromatic N) is 1. The molecule has 0 bridgehead atoms. The Morgan fingerprint density at radius 1 is 1.35 bits per heavy atom. The van der Waals surface area contributed by atoms with Crippen LogP contribution in [0.3, 0.4) is 0 Å². The molecule has 6 nitrogen and oxygen atoms in total. The van der Waals surface area contributed by atoms with Gasteiger partial charge in [0.05, 0.1) is 11.4 Å². The minimum atomic E-state index is -4.46. The molecule has 2 heterocycles. The fourth-order valence-corrected chi connectivity index (χ4v) is 3.42. The molecule has 1 aliphatic heterocycles. The Balaban J connectivity index is 0.00000192. The molecule has 118 valence electrons. The zero-order chi connectivity index (χ0) is 15.7. The van der Waals surface area contributed by atoms with Crippen molar-refractivity contribution in [2.45, 2.75) is 11.0 Å². The van der Waals surface area contributed by atoms with Crippen molar-refractivity contribution < 1.29 is 73.8 Å². The Kier molecular flexibility index (Phi) is 6.54. The number of hydrogen-bond acceptors (Lipinski definition) is 7. The molecule has 0 saturated heterocycles. The van der Waals surface area contributed by atoms with Gasteiger partial charge in [0.2, 0.25) is 0 Å². The van der Waals surface area contributed by atoms with Crippen molar-refractivity contribution in [1.29, 1.82) is 0 Å². The van der Waals surface area contributed by atoms with Crippen LogP contribution in [0.2, 0.25) is 0 Å². The van der Waals surface area contributed by atoms with Crippen LogP contribution < -0.4 is 65.8 Å². The van der Waals surface area contributed by atoms with E-state index in [0.29, 0.717) is 18.8 Å². The van der Waals surface area contributed by atoms with Crippen molar-refractivity contribution >= 4 is 27.1 Å². The summed E-state index contributed by atoms with van der Waals surface area (Å²) in [5.41, 5.74) is 0.636. The van der Waals surface area contributed by atoms with Crippen molar-refractivity contribution in [2.75, 3.05) is 25.1 Å². The Labute approximate surface area is 181 Å². The first kappa shape index (κ1) is 19.2. The van der Waals surface area contributed by atoms with E-state index in [9.17, 15) is 13.0 Å². The van der Waals surface area contributed by atoms with Gasteiger partial charge in [0.1, 0.15) is 16.7 Å². The Morgan fingerprint density at radius 2 is 2.09 bits per heavy atom. The van der Waals surface area contributed by atoms with Gasteiger partial charge in [-0.15, -0.1) is 11.3 Å². The third kappa shape index (κ3) is 4.70. The third-order valence-electron chi connectivity index (χ3n) is 3.34. The van der Waals surface area contributed by atoms with E-state index in [1.165, 1.54) is 23.5 Å². The predicted molar refractivity (Wildman–Crippen MR) is 81.9 cm³/mol. The van der Waals surface area contributed by atoms with Gasteiger partial charge in [-0.2, -0.15) is 0 Å². The predicted octanol–water partition coefficient (Wildman–Crippen LogP) is -1.07. The normalized spacial score (nSPS) is 16.5. The molecular weight excluding hydrogens is 365 g/mol. The van der Waals surface area contributed by atoms with Gasteiger partial charge in [-0.05, 0) is 18.2 Å². The number of rotatable bonds is 4. The number of thiophene rings is 1. The van der Waals surface area contributed by atoms with E-state index in [1.54, 1.807) is 12.1 Å². The molecular formula is C14H14KNO5S2. The maximum atomic E-state index is 11.1. The molecule has 1 aromatic carbocycles. The van der Waals surface area contributed by atoms with Crippen molar-refractivity contribution in [3.8, 4) is 11.5 Å². The molecule has 0 radical (unpaired) electrons. The minimum absolute atomic E-state index is 0. The van der Waals surface area contributed by atoms with Gasteiger partial charge >= 0.3 is 51.4 Å². The molecule has 0 fully saturated rings. The van der Waals surface area contributed by atoms with Crippen LogP contribution >= 0.6 is 11.3 Å². The van der Waals surface area contributed by atoms with Crippen molar-refractivity contribution in [3.63, 3.8) is 0 Å². The molecule has 1 aromatic heterocycles. The smallest absolute Gasteiger partial charge is 0.744 e. The van der Waals surface area contributed by atoms with E-state index in [0.717, 1.165) is 11.5 Å². The summed E-state index contributed by atoms with van der Waals surface area (Å²) in [6.45, 7) is 0.936. The summed E-state index contributed by atoms with van der Waals surface area (Å²) in [5.74, 6) is 1.48. The molecule has 0 spiro atoms. The maximum absolute atomic E-state index is 11.1. The summed E-state index contributed by atoms with van der Waals surface area (Å²) in [4.78, 5) is 1.60. The molecule has 0 aliphatic carbocycles. The maximum Gasteiger partial charge on any atom is 1.00 e. The number of hydrogen-bond donors (Lipinski definition) is 0. The summed E-state index contributed by atoms with van der Waals surface area (Å²) in [7, 11) is -2.65. The third-order valence-corrected chi connectivity index (χ3v) is 4.87. The van der Waals surface area contributed by atoms with E-state index in [-0.39, 0.29) is 62.4 Å². The van der Waals surface area contributed by atoms with Crippen LogP contribution in [0.5, 0.6) is 11.5 Å². The molecule has 1 unspecified atom stereocenters. The first-order chi connectivity index (χ1) is 10.4. The van der Waals surface area contributed by atoms with Crippen LogP contribution in [-0.2, 0) is 10.1 Å². The summed E-state index contributed by atoms with van der Waals surface area (Å²) in [5, 5.41) is 3.77. The average molecular weight is 380 g/mol. The molecule has 23 heavy (non-hydrogen) atoms. The summed E-state index contributed by atoms with van der Waals surface area (Å²) in [6, 6.07) is 5.94. The molecule has 2 aromatic rings. The van der Waals surface area contributed by atoms with E-state index in [4.69, 9.17) is 9.47 Å². The number of likely N-dealkylation sites (N-methyl/N-ethyl adjacent to an activating group) is 1. The minimum Gasteiger partial charge on any atom is -0.744 e. The molecule has 3 rings (SSSR count). The summed E-state index contributed by atoms with van der Waals surface area (Å²) in [6.07, 6.45) is -0.167. The van der Waals surface area contributed by atoms with Crippen LogP contribution in [0.15, 0.2) is 39.9 Å². The van der Waals surface area contributed by atoms with Crippen LogP contribution in [0, 0.1) is 0 Å². The van der Waals surface area contributed by atoms with E-state index >= 15 is 0 Å². The van der Waals surface area contributed by atoms with Crippen LogP contribution in [0.4, 0.5) is 5.69 Å². The number of benzene rings is 1. The summed E-state index contributed by atoms with van der Waals surface area (Å²) < 4.78 is 44.7. The molecule has 0 saturated carbocycles. The first-order valence-electron chi connectivity index (χ1n) is 6.56. The summed E-state index contributed by atoms with van der Waals surface area (Å²) >= 11 is 1.51. The van der Waals surface area contributed by atoms with Gasteiger partial charge in [-0.1, -0.05) is 6.07 Å².